The van der Waals surface area contributed by atoms with Gasteiger partial charge in [-0.1, -0.05) is 19.6 Å². The molecule has 0 aliphatic carbocycles. The molecule has 0 aromatic rings. The topological polar surface area (TPSA) is 6.48 Å². The summed E-state index contributed by atoms with van der Waals surface area (Å²) in [5.74, 6) is 0. The smallest absolute Gasteiger partial charge is 0.284 e. The van der Waals surface area contributed by atoms with E-state index in [9.17, 15) is 0 Å². The molecule has 1 unspecified atom stereocenters. The van der Waals surface area contributed by atoms with Gasteiger partial charge in [0.2, 0.25) is 0 Å². The van der Waals surface area contributed by atoms with Crippen LogP contribution in [-0.2, 0) is 0 Å². The zero-order valence-electron chi connectivity index (χ0n) is 8.35. The van der Waals surface area contributed by atoms with Gasteiger partial charge in [-0.05, 0) is 21.1 Å². The highest BCUT2D eigenvalue weighted by Gasteiger charge is 2.28. The van der Waals surface area contributed by atoms with Crippen LogP contribution in [0.5, 0.6) is 0 Å². The Morgan fingerprint density at radius 1 is 1.09 bits per heavy atom. The molecule has 0 spiro atoms. The first kappa shape index (κ1) is 11.6. The van der Waals surface area contributed by atoms with Crippen molar-refractivity contribution in [3.05, 3.63) is 0 Å². The molecule has 0 saturated carbocycles. The highest BCUT2D eigenvalue weighted by Crippen LogP contribution is 2.11. The van der Waals surface area contributed by atoms with Crippen molar-refractivity contribution in [2.75, 3.05) is 21.1 Å². The predicted octanol–water partition coefficient (Wildman–Crippen LogP) is 1.27. The van der Waals surface area contributed by atoms with Gasteiger partial charge in [-0.25, -0.2) is 0 Å². The van der Waals surface area contributed by atoms with Gasteiger partial charge in [-0.3, -0.25) is 0 Å². The molecule has 0 saturated heterocycles. The summed E-state index contributed by atoms with van der Waals surface area (Å²) in [6, 6.07) is 0. The van der Waals surface area contributed by atoms with Gasteiger partial charge in [-0.15, -0.1) is 11.1 Å². The molecule has 0 amide bonds. The van der Waals surface area contributed by atoms with Crippen LogP contribution in [0.1, 0.15) is 0 Å². The normalized spacial score (nSPS) is 16.1. The Bertz CT molecular complexity index is 124. The predicted molar refractivity (Wildman–Crippen MR) is 57.8 cm³/mol. The van der Waals surface area contributed by atoms with Crippen LogP contribution in [0.15, 0.2) is 0 Å². The van der Waals surface area contributed by atoms with Crippen LogP contribution in [0.4, 0.5) is 0 Å². The number of halogens is 1. The monoisotopic (exact) mass is 210 g/mol. The number of hydrogen-bond donors (Lipinski definition) is 0. The van der Waals surface area contributed by atoms with Crippen LogP contribution >= 0.6 is 11.1 Å². The Labute approximate surface area is 77.7 Å². The van der Waals surface area contributed by atoms with E-state index in [2.05, 4.69) is 49.6 Å². The maximum absolute atomic E-state index is 6.28. The van der Waals surface area contributed by atoms with E-state index in [1.165, 1.54) is 0 Å². The van der Waals surface area contributed by atoms with E-state index in [4.69, 9.17) is 11.1 Å². The highest BCUT2D eigenvalue weighted by atomic mass is 35.6. The van der Waals surface area contributed by atoms with Gasteiger partial charge < -0.3 is 8.80 Å². The Kier molecular flexibility index (Phi) is 4.28. The maximum atomic E-state index is 6.28. The summed E-state index contributed by atoms with van der Waals surface area (Å²) in [5, 5.41) is 0. The van der Waals surface area contributed by atoms with Crippen molar-refractivity contribution in [2.45, 2.75) is 19.6 Å². The van der Waals surface area contributed by atoms with Gasteiger partial charge in [0, 0.05) is 0 Å². The van der Waals surface area contributed by atoms with Crippen LogP contribution in [0.3, 0.4) is 0 Å². The van der Waals surface area contributed by atoms with Gasteiger partial charge in [0.05, 0.1) is 0 Å². The van der Waals surface area contributed by atoms with Crippen molar-refractivity contribution in [3.8, 4) is 0 Å². The van der Waals surface area contributed by atoms with Gasteiger partial charge in [0.1, 0.15) is 8.24 Å². The molecular weight excluding hydrogens is 192 g/mol. The Morgan fingerprint density at radius 3 is 1.55 bits per heavy atom. The third kappa shape index (κ3) is 3.71. The minimum absolute atomic E-state index is 1.17. The van der Waals surface area contributed by atoms with Crippen LogP contribution < -0.4 is 0 Å². The average molecular weight is 211 g/mol. The Balaban J connectivity index is 4.13. The molecule has 0 N–H and O–H groups in total. The lowest BCUT2D eigenvalue weighted by Gasteiger charge is -2.35. The Hall–Kier alpha value is 0.644. The maximum Gasteiger partial charge on any atom is 0.284 e. The molecule has 5 heteroatoms. The van der Waals surface area contributed by atoms with Crippen LogP contribution in [0, 0.1) is 0 Å². The molecule has 2 nitrogen and oxygen atoms in total. The van der Waals surface area contributed by atoms with Crippen molar-refractivity contribution in [1.82, 2.24) is 8.80 Å². The third-order valence-electron chi connectivity index (χ3n) is 1.80. The van der Waals surface area contributed by atoms with E-state index in [0.717, 1.165) is 0 Å². The fraction of sp³-hybridized carbons (Fsp3) is 1.00. The van der Waals surface area contributed by atoms with Gasteiger partial charge in [-0.2, -0.15) is 0 Å². The molecule has 0 fully saturated rings. The second kappa shape index (κ2) is 4.04. The van der Waals surface area contributed by atoms with Gasteiger partial charge >= 0.3 is 0 Å². The van der Waals surface area contributed by atoms with Crippen molar-refractivity contribution >= 4 is 27.7 Å². The average Bonchev–Trinajstić information content (AvgIpc) is 1.82. The summed E-state index contributed by atoms with van der Waals surface area (Å²) in [6.45, 7) is 6.96. The molecule has 0 radical (unpaired) electrons. The lowest BCUT2D eigenvalue weighted by molar-refractivity contribution is 0.589. The van der Waals surface area contributed by atoms with Crippen LogP contribution in [-0.4, -0.2) is 46.6 Å². The number of rotatable bonds is 3. The van der Waals surface area contributed by atoms with E-state index >= 15 is 0 Å². The molecule has 0 aliphatic heterocycles. The quantitative estimate of drug-likeness (QED) is 0.512. The standard InChI is InChI=1S/C6H19ClN2Si2/c1-8(2)10(7)9(3)11(4,5)6/h10H,1-6H3. The van der Waals surface area contributed by atoms with Crippen molar-refractivity contribution in [3.63, 3.8) is 0 Å². The van der Waals surface area contributed by atoms with Crippen LogP contribution in [0.25, 0.3) is 0 Å². The summed E-state index contributed by atoms with van der Waals surface area (Å²) >= 11 is 6.28. The van der Waals surface area contributed by atoms with E-state index in [0.29, 0.717) is 0 Å². The van der Waals surface area contributed by atoms with E-state index in [-0.39, 0.29) is 0 Å². The summed E-state index contributed by atoms with van der Waals surface area (Å²) in [4.78, 5) is 0. The summed E-state index contributed by atoms with van der Waals surface area (Å²) < 4.78 is 4.55. The molecule has 0 bridgehead atoms. The first-order valence-corrected chi connectivity index (χ1v) is 10.0. The molecule has 0 aliphatic rings. The third-order valence-corrected chi connectivity index (χ3v) is 11.0. The summed E-state index contributed by atoms with van der Waals surface area (Å²) in [6.07, 6.45) is 0. The molecule has 68 valence electrons. The molecule has 0 aromatic carbocycles. The second-order valence-electron chi connectivity index (χ2n) is 4.06. The van der Waals surface area contributed by atoms with Gasteiger partial charge in [0.15, 0.2) is 0 Å². The first-order valence-electron chi connectivity index (χ1n) is 3.80. The lowest BCUT2D eigenvalue weighted by atomic mass is 11.3. The Morgan fingerprint density at radius 2 is 1.45 bits per heavy atom. The van der Waals surface area contributed by atoms with E-state index < -0.39 is 16.7 Å². The fourth-order valence-electron chi connectivity index (χ4n) is 0.666. The molecule has 0 heterocycles. The minimum atomic E-state index is -1.29. The van der Waals surface area contributed by atoms with Crippen molar-refractivity contribution in [1.29, 1.82) is 0 Å². The van der Waals surface area contributed by atoms with Gasteiger partial charge in [0.25, 0.3) is 8.43 Å². The molecule has 1 atom stereocenters. The zero-order valence-corrected chi connectivity index (χ0v) is 11.3. The molecule has 0 aromatic heterocycles. The second-order valence-corrected chi connectivity index (χ2v) is 13.2. The molecular formula is C6H19ClN2Si2. The van der Waals surface area contributed by atoms with Crippen molar-refractivity contribution < 1.29 is 0 Å². The van der Waals surface area contributed by atoms with Crippen molar-refractivity contribution in [2.24, 2.45) is 0 Å². The zero-order chi connectivity index (χ0) is 9.23. The molecule has 11 heavy (non-hydrogen) atoms. The molecule has 0 rings (SSSR count). The largest absolute Gasteiger partial charge is 0.327 e. The minimum Gasteiger partial charge on any atom is -0.327 e. The van der Waals surface area contributed by atoms with E-state index in [1.54, 1.807) is 0 Å². The number of hydrogen-bond acceptors (Lipinski definition) is 2. The number of nitrogens with zero attached hydrogens (tertiary/aromatic N) is 2. The highest BCUT2D eigenvalue weighted by molar-refractivity contribution is 7.08. The lowest BCUT2D eigenvalue weighted by Crippen LogP contribution is -2.55. The fourth-order valence-corrected chi connectivity index (χ4v) is 7.24. The first-order chi connectivity index (χ1) is 4.76. The summed E-state index contributed by atoms with van der Waals surface area (Å²) in [5.41, 5.74) is 0. The van der Waals surface area contributed by atoms with E-state index in [1.807, 2.05) is 0 Å². The van der Waals surface area contributed by atoms with Crippen LogP contribution in [0.2, 0.25) is 19.6 Å². The SMILES string of the molecule is CN(C)[SiH](Cl)N(C)[Si](C)(C)C. The summed E-state index contributed by atoms with van der Waals surface area (Å²) in [7, 11) is 3.80.